The topological polar surface area (TPSA) is 92.3 Å². The first-order valence-corrected chi connectivity index (χ1v) is 7.86. The molecule has 0 radical (unpaired) electrons. The summed E-state index contributed by atoms with van der Waals surface area (Å²) in [6, 6.07) is 3.80. The number of nitrogens with one attached hydrogen (secondary N) is 1. The van der Waals surface area contributed by atoms with E-state index < -0.39 is 11.9 Å². The molecule has 0 aliphatic carbocycles. The van der Waals surface area contributed by atoms with Crippen LogP contribution in [0.15, 0.2) is 18.2 Å². The smallest absolute Gasteiger partial charge is 0.545 e. The number of carboxylic acids is 2. The largest absolute Gasteiger partial charge is 1.00 e. The van der Waals surface area contributed by atoms with Crippen LogP contribution in [-0.4, -0.2) is 18.5 Å². The quantitative estimate of drug-likeness (QED) is 0.321. The number of carboxylic acid groups (broad SMARTS) is 2. The average molecular weight is 351 g/mol. The molecule has 0 atom stereocenters. The Labute approximate surface area is 188 Å². The van der Waals surface area contributed by atoms with Crippen molar-refractivity contribution in [3.05, 3.63) is 29.3 Å². The van der Waals surface area contributed by atoms with Crippen LogP contribution < -0.4 is 74.6 Å². The third-order valence-electron chi connectivity index (χ3n) is 3.51. The number of rotatable bonds is 11. The Kier molecular flexibility index (Phi) is 16.6. The van der Waals surface area contributed by atoms with Crippen molar-refractivity contribution in [2.45, 2.75) is 51.9 Å². The van der Waals surface area contributed by atoms with Crippen molar-refractivity contribution in [1.82, 2.24) is 0 Å². The minimum absolute atomic E-state index is 0. The molecule has 0 amide bonds. The standard InChI is InChI=1S/C17H25NO4.2Na/c1-2-3-4-5-6-7-8-9-18-15-11-13(16(19)20)10-14(12-15)17(21)22;;/h10-12,18H,2-9H2,1H3,(H,19,20)(H,21,22);;/q;2*+1/p-2. The summed E-state index contributed by atoms with van der Waals surface area (Å²) in [5.41, 5.74) is 0.138. The van der Waals surface area contributed by atoms with Crippen LogP contribution in [0, 0.1) is 0 Å². The second-order valence-corrected chi connectivity index (χ2v) is 5.42. The molecule has 0 aliphatic heterocycles. The summed E-state index contributed by atoms with van der Waals surface area (Å²) in [6.07, 6.45) is 8.27. The normalized spacial score (nSPS) is 9.54. The van der Waals surface area contributed by atoms with Crippen molar-refractivity contribution in [3.8, 4) is 0 Å². The van der Waals surface area contributed by atoms with E-state index in [1.807, 2.05) is 0 Å². The fourth-order valence-electron chi connectivity index (χ4n) is 2.28. The summed E-state index contributed by atoms with van der Waals surface area (Å²) in [7, 11) is 0. The van der Waals surface area contributed by atoms with Gasteiger partial charge in [0.25, 0.3) is 0 Å². The third-order valence-corrected chi connectivity index (χ3v) is 3.51. The van der Waals surface area contributed by atoms with Gasteiger partial charge in [0, 0.05) is 12.2 Å². The van der Waals surface area contributed by atoms with Gasteiger partial charge in [-0.25, -0.2) is 0 Å². The van der Waals surface area contributed by atoms with Crippen LogP contribution in [0.5, 0.6) is 0 Å². The molecule has 0 unspecified atom stereocenters. The van der Waals surface area contributed by atoms with E-state index in [-0.39, 0.29) is 70.2 Å². The van der Waals surface area contributed by atoms with E-state index in [4.69, 9.17) is 0 Å². The monoisotopic (exact) mass is 351 g/mol. The number of hydrogen-bond donors (Lipinski definition) is 1. The minimum atomic E-state index is -1.40. The van der Waals surface area contributed by atoms with E-state index in [2.05, 4.69) is 12.2 Å². The van der Waals surface area contributed by atoms with E-state index in [1.165, 1.54) is 44.2 Å². The maximum atomic E-state index is 10.9. The molecule has 5 nitrogen and oxygen atoms in total. The van der Waals surface area contributed by atoms with Crippen molar-refractivity contribution in [3.63, 3.8) is 0 Å². The van der Waals surface area contributed by atoms with Gasteiger partial charge < -0.3 is 25.1 Å². The SMILES string of the molecule is CCCCCCCCCNc1cc(C(=O)[O-])cc(C(=O)[O-])c1.[Na+].[Na+]. The number of anilines is 1. The third kappa shape index (κ3) is 10.7. The van der Waals surface area contributed by atoms with Gasteiger partial charge in [-0.1, -0.05) is 45.4 Å². The zero-order chi connectivity index (χ0) is 16.4. The van der Waals surface area contributed by atoms with Gasteiger partial charge in [-0.3, -0.25) is 0 Å². The first kappa shape index (κ1) is 26.2. The second-order valence-electron chi connectivity index (χ2n) is 5.42. The van der Waals surface area contributed by atoms with Gasteiger partial charge in [0.05, 0.1) is 11.9 Å². The molecule has 0 saturated carbocycles. The fourth-order valence-corrected chi connectivity index (χ4v) is 2.28. The van der Waals surface area contributed by atoms with Crippen LogP contribution in [0.2, 0.25) is 0 Å². The summed E-state index contributed by atoms with van der Waals surface area (Å²) in [5, 5.41) is 24.8. The van der Waals surface area contributed by atoms with Gasteiger partial charge in [-0.2, -0.15) is 0 Å². The van der Waals surface area contributed by atoms with Crippen LogP contribution in [0.25, 0.3) is 0 Å². The van der Waals surface area contributed by atoms with Crippen molar-refractivity contribution >= 4 is 17.6 Å². The van der Waals surface area contributed by atoms with E-state index >= 15 is 0 Å². The van der Waals surface area contributed by atoms with Gasteiger partial charge in [0.15, 0.2) is 0 Å². The molecule has 0 fully saturated rings. The van der Waals surface area contributed by atoms with Crippen molar-refractivity contribution < 1.29 is 78.9 Å². The number of aromatic carboxylic acids is 2. The Morgan fingerprint density at radius 1 is 0.833 bits per heavy atom. The first-order valence-electron chi connectivity index (χ1n) is 7.86. The Hall–Kier alpha value is -0.0400. The van der Waals surface area contributed by atoms with Crippen molar-refractivity contribution in [2.75, 3.05) is 11.9 Å². The van der Waals surface area contributed by atoms with E-state index in [0.717, 1.165) is 18.9 Å². The molecule has 1 N–H and O–H groups in total. The maximum absolute atomic E-state index is 10.9. The Bertz CT molecular complexity index is 477. The molecule has 24 heavy (non-hydrogen) atoms. The summed E-state index contributed by atoms with van der Waals surface area (Å²) in [5.74, 6) is -2.80. The van der Waals surface area contributed by atoms with Crippen LogP contribution in [-0.2, 0) is 0 Å². The maximum Gasteiger partial charge on any atom is 1.00 e. The predicted octanol–water partition coefficient (Wildman–Crippen LogP) is -4.42. The molecule has 1 aromatic rings. The fraction of sp³-hybridized carbons (Fsp3) is 0.529. The van der Waals surface area contributed by atoms with Gasteiger partial charge in [0.1, 0.15) is 0 Å². The molecule has 122 valence electrons. The van der Waals surface area contributed by atoms with Gasteiger partial charge in [-0.05, 0) is 35.7 Å². The molecular weight excluding hydrogens is 328 g/mol. The summed E-state index contributed by atoms with van der Waals surface area (Å²) >= 11 is 0. The summed E-state index contributed by atoms with van der Waals surface area (Å²) < 4.78 is 0. The second kappa shape index (κ2) is 15.2. The van der Waals surface area contributed by atoms with Gasteiger partial charge >= 0.3 is 59.1 Å². The first-order chi connectivity index (χ1) is 10.5. The molecule has 0 aliphatic rings. The van der Waals surface area contributed by atoms with Crippen LogP contribution in [0.3, 0.4) is 0 Å². The van der Waals surface area contributed by atoms with E-state index in [0.29, 0.717) is 12.2 Å². The van der Waals surface area contributed by atoms with Gasteiger partial charge in [-0.15, -0.1) is 0 Å². The number of carbonyl (C=O) groups excluding carboxylic acids is 2. The Balaban J connectivity index is 0. The Morgan fingerprint density at radius 3 is 1.75 bits per heavy atom. The molecule has 0 saturated heterocycles. The molecule has 1 aromatic carbocycles. The van der Waals surface area contributed by atoms with Gasteiger partial charge in [0.2, 0.25) is 0 Å². The molecule has 0 heterocycles. The molecular formula is C17H23NNa2O4. The summed E-state index contributed by atoms with van der Waals surface area (Å²) in [4.78, 5) is 21.8. The van der Waals surface area contributed by atoms with Crippen molar-refractivity contribution in [2.24, 2.45) is 0 Å². The predicted molar refractivity (Wildman–Crippen MR) is 81.6 cm³/mol. The Morgan fingerprint density at radius 2 is 1.29 bits per heavy atom. The number of hydrogen-bond acceptors (Lipinski definition) is 5. The van der Waals surface area contributed by atoms with Crippen LogP contribution >= 0.6 is 0 Å². The van der Waals surface area contributed by atoms with Crippen molar-refractivity contribution in [1.29, 1.82) is 0 Å². The van der Waals surface area contributed by atoms with Crippen LogP contribution in [0.1, 0.15) is 72.6 Å². The zero-order valence-electron chi connectivity index (χ0n) is 15.0. The molecule has 0 bridgehead atoms. The number of benzene rings is 1. The average Bonchev–Trinajstić information content (AvgIpc) is 2.49. The number of unbranched alkanes of at least 4 members (excludes halogenated alkanes) is 6. The summed E-state index contributed by atoms with van der Waals surface area (Å²) in [6.45, 7) is 2.86. The molecule has 0 aromatic heterocycles. The molecule has 1 rings (SSSR count). The minimum Gasteiger partial charge on any atom is -0.545 e. The number of carbonyl (C=O) groups is 2. The molecule has 0 spiro atoms. The van der Waals surface area contributed by atoms with E-state index in [1.54, 1.807) is 0 Å². The van der Waals surface area contributed by atoms with Crippen LogP contribution in [0.4, 0.5) is 5.69 Å². The molecule has 7 heteroatoms. The zero-order valence-corrected chi connectivity index (χ0v) is 19.0. The van der Waals surface area contributed by atoms with E-state index in [9.17, 15) is 19.8 Å².